The quantitative estimate of drug-likeness (QED) is 0.263. The number of ether oxygens (including phenoxy) is 1. The van der Waals surface area contributed by atoms with Crippen molar-refractivity contribution < 1.29 is 31.1 Å². The molecule has 0 unspecified atom stereocenters. The van der Waals surface area contributed by atoms with Gasteiger partial charge in [0.15, 0.2) is 24.0 Å². The number of unbranched alkanes of at least 4 members (excludes halogenated alkanes) is 2. The summed E-state index contributed by atoms with van der Waals surface area (Å²) < 4.78 is 81.8. The van der Waals surface area contributed by atoms with Gasteiger partial charge in [-0.05, 0) is 86.3 Å². The van der Waals surface area contributed by atoms with Crippen molar-refractivity contribution >= 4 is 0 Å². The van der Waals surface area contributed by atoms with Gasteiger partial charge in [-0.15, -0.1) is 0 Å². The molecule has 2 saturated carbocycles. The lowest BCUT2D eigenvalue weighted by atomic mass is 9.68. The molecule has 0 atom stereocenters. The lowest BCUT2D eigenvalue weighted by molar-refractivity contribution is -0.154. The van der Waals surface area contributed by atoms with Crippen LogP contribution in [0.3, 0.4) is 0 Å². The molecule has 0 N–H and O–H groups in total. The molecule has 0 amide bonds. The Morgan fingerprint density at radius 1 is 0.781 bits per heavy atom. The first-order valence-electron chi connectivity index (χ1n) is 12.0. The fourth-order valence-electron chi connectivity index (χ4n) is 5.68. The van der Waals surface area contributed by atoms with Crippen LogP contribution in [-0.2, 0) is 0 Å². The van der Waals surface area contributed by atoms with Gasteiger partial charge in [0, 0.05) is 0 Å². The van der Waals surface area contributed by atoms with Crippen LogP contribution < -0.4 is 4.74 Å². The van der Waals surface area contributed by atoms with E-state index in [2.05, 4.69) is 4.74 Å². The molecule has 2 fully saturated rings. The van der Waals surface area contributed by atoms with Gasteiger partial charge in [0.1, 0.15) is 0 Å². The average molecular weight is 465 g/mol. The van der Waals surface area contributed by atoms with Crippen LogP contribution in [0.5, 0.6) is 5.75 Å². The molecule has 0 aliphatic heterocycles. The maximum atomic E-state index is 14.2. The van der Waals surface area contributed by atoms with Crippen molar-refractivity contribution in [2.45, 2.75) is 89.1 Å². The molecule has 2 aliphatic carbocycles. The molecule has 0 bridgehead atoms. The first kappa shape index (κ1) is 25.2. The van der Waals surface area contributed by atoms with E-state index in [9.17, 15) is 26.3 Å². The van der Waals surface area contributed by atoms with E-state index in [1.165, 1.54) is 32.1 Å². The van der Waals surface area contributed by atoms with Gasteiger partial charge in [-0.3, -0.25) is 4.39 Å². The van der Waals surface area contributed by atoms with Crippen molar-refractivity contribution in [1.82, 2.24) is 0 Å². The van der Waals surface area contributed by atoms with Crippen molar-refractivity contribution in [3.05, 3.63) is 29.3 Å². The molecule has 7 heteroatoms. The second kappa shape index (κ2) is 11.6. The molecule has 0 heterocycles. The first-order chi connectivity index (χ1) is 15.3. The minimum Gasteiger partial charge on any atom is -0.478 e. The van der Waals surface area contributed by atoms with Crippen molar-refractivity contribution in [1.29, 1.82) is 0 Å². The molecule has 0 saturated heterocycles. The third kappa shape index (κ3) is 7.31. The Hall–Kier alpha value is -1.40. The Morgan fingerprint density at radius 3 is 1.88 bits per heavy atom. The van der Waals surface area contributed by atoms with Crippen LogP contribution in [0.15, 0.2) is 12.1 Å². The van der Waals surface area contributed by atoms with Crippen LogP contribution in [0.1, 0.15) is 88.5 Å². The zero-order valence-electron chi connectivity index (χ0n) is 18.5. The molecular weight excluding hydrogens is 430 g/mol. The lowest BCUT2D eigenvalue weighted by Crippen LogP contribution is -2.25. The summed E-state index contributed by atoms with van der Waals surface area (Å²) in [5.41, 5.74) is 0.509. The van der Waals surface area contributed by atoms with Crippen LogP contribution in [0.2, 0.25) is 0 Å². The summed E-state index contributed by atoms with van der Waals surface area (Å²) in [6.45, 7) is -1.93. The highest BCUT2D eigenvalue weighted by molar-refractivity contribution is 5.33. The van der Waals surface area contributed by atoms with Crippen LogP contribution in [-0.4, -0.2) is 19.5 Å². The summed E-state index contributed by atoms with van der Waals surface area (Å²) in [6.07, 6.45) is 8.03. The van der Waals surface area contributed by atoms with Gasteiger partial charge in [-0.2, -0.15) is 13.2 Å². The maximum Gasteiger partial charge on any atom is 0.422 e. The molecule has 1 aromatic carbocycles. The maximum absolute atomic E-state index is 14.2. The van der Waals surface area contributed by atoms with Crippen LogP contribution in [0.4, 0.5) is 26.3 Å². The highest BCUT2D eigenvalue weighted by Crippen LogP contribution is 2.45. The van der Waals surface area contributed by atoms with Crippen molar-refractivity contribution in [2.24, 2.45) is 17.8 Å². The minimum absolute atomic E-state index is 0.0266. The highest BCUT2D eigenvalue weighted by Gasteiger charge is 2.33. The number of hydrogen-bond donors (Lipinski definition) is 0. The van der Waals surface area contributed by atoms with E-state index in [0.717, 1.165) is 56.6 Å². The minimum atomic E-state index is -4.65. The number of alkyl halides is 4. The molecule has 0 radical (unpaired) electrons. The Labute approximate surface area is 186 Å². The summed E-state index contributed by atoms with van der Waals surface area (Å²) in [5.74, 6) is -0.953. The van der Waals surface area contributed by atoms with E-state index < -0.39 is 30.2 Å². The molecular formula is C25H34F6O. The highest BCUT2D eigenvalue weighted by atomic mass is 19.4. The average Bonchev–Trinajstić information content (AvgIpc) is 2.76. The van der Waals surface area contributed by atoms with Crippen LogP contribution in [0.25, 0.3) is 0 Å². The third-order valence-corrected chi connectivity index (χ3v) is 7.45. The Bertz CT molecular complexity index is 680. The molecule has 3 rings (SSSR count). The smallest absolute Gasteiger partial charge is 0.422 e. The van der Waals surface area contributed by atoms with Gasteiger partial charge in [0.2, 0.25) is 0 Å². The standard InChI is InChI=1S/C25H34F6O/c26-13-3-1-2-4-17-5-7-18(8-6-17)19-9-11-20(12-10-19)21-14-22(27)24(23(28)15-21)32-16-25(29,30)31/h14-15,17-20H,1-13,16H2. The Morgan fingerprint density at radius 2 is 1.34 bits per heavy atom. The van der Waals surface area contributed by atoms with Gasteiger partial charge in [0.05, 0.1) is 6.67 Å². The van der Waals surface area contributed by atoms with E-state index in [0.29, 0.717) is 23.8 Å². The SMILES string of the molecule is FCCCCCC1CCC(C2CCC(c3cc(F)c(OCC(F)(F)F)c(F)c3)CC2)CC1. The molecule has 182 valence electrons. The van der Waals surface area contributed by atoms with Gasteiger partial charge >= 0.3 is 6.18 Å². The molecule has 0 spiro atoms. The van der Waals surface area contributed by atoms with Gasteiger partial charge in [-0.1, -0.05) is 32.1 Å². The van der Waals surface area contributed by atoms with E-state index >= 15 is 0 Å². The normalized spacial score (nSPS) is 26.8. The van der Waals surface area contributed by atoms with Gasteiger partial charge in [0.25, 0.3) is 0 Å². The predicted molar refractivity (Wildman–Crippen MR) is 112 cm³/mol. The Balaban J connectivity index is 1.46. The second-order valence-electron chi connectivity index (χ2n) is 9.65. The van der Waals surface area contributed by atoms with E-state index in [1.54, 1.807) is 0 Å². The van der Waals surface area contributed by atoms with E-state index in [-0.39, 0.29) is 12.6 Å². The predicted octanol–water partition coefficient (Wildman–Crippen LogP) is 8.52. The van der Waals surface area contributed by atoms with E-state index in [1.807, 2.05) is 0 Å². The number of halogens is 6. The number of benzene rings is 1. The zero-order chi connectivity index (χ0) is 23.1. The second-order valence-corrected chi connectivity index (χ2v) is 9.65. The summed E-state index contributed by atoms with van der Waals surface area (Å²) in [5, 5.41) is 0. The molecule has 0 aromatic heterocycles. The topological polar surface area (TPSA) is 9.23 Å². The fraction of sp³-hybridized carbons (Fsp3) is 0.760. The molecule has 32 heavy (non-hydrogen) atoms. The fourth-order valence-corrected chi connectivity index (χ4v) is 5.68. The van der Waals surface area contributed by atoms with Gasteiger partial charge in [-0.25, -0.2) is 8.78 Å². The van der Waals surface area contributed by atoms with E-state index in [4.69, 9.17) is 0 Å². The third-order valence-electron chi connectivity index (χ3n) is 7.45. The summed E-state index contributed by atoms with van der Waals surface area (Å²) in [6, 6.07) is 2.27. The lowest BCUT2D eigenvalue weighted by Gasteiger charge is -2.38. The Kier molecular flexibility index (Phi) is 9.18. The molecule has 1 nitrogen and oxygen atoms in total. The van der Waals surface area contributed by atoms with Crippen molar-refractivity contribution in [2.75, 3.05) is 13.3 Å². The zero-order valence-corrected chi connectivity index (χ0v) is 18.5. The number of rotatable bonds is 9. The summed E-state index contributed by atoms with van der Waals surface area (Å²) in [4.78, 5) is 0. The summed E-state index contributed by atoms with van der Waals surface area (Å²) >= 11 is 0. The van der Waals surface area contributed by atoms with Crippen LogP contribution in [0, 0.1) is 29.4 Å². The van der Waals surface area contributed by atoms with Gasteiger partial charge < -0.3 is 4.74 Å². The van der Waals surface area contributed by atoms with Crippen molar-refractivity contribution in [3.63, 3.8) is 0 Å². The number of hydrogen-bond acceptors (Lipinski definition) is 1. The molecule has 2 aliphatic rings. The summed E-state index contributed by atoms with van der Waals surface area (Å²) in [7, 11) is 0. The van der Waals surface area contributed by atoms with Crippen LogP contribution >= 0.6 is 0 Å². The molecule has 1 aromatic rings. The first-order valence-corrected chi connectivity index (χ1v) is 12.0. The monoisotopic (exact) mass is 464 g/mol. The van der Waals surface area contributed by atoms with Crippen molar-refractivity contribution in [3.8, 4) is 5.75 Å². The largest absolute Gasteiger partial charge is 0.478 e.